The highest BCUT2D eigenvalue weighted by Gasteiger charge is 2.06. The zero-order chi connectivity index (χ0) is 12.1. The van der Waals surface area contributed by atoms with Crippen molar-refractivity contribution in [1.29, 1.82) is 0 Å². The van der Waals surface area contributed by atoms with Gasteiger partial charge in [-0.05, 0) is 23.3 Å². The Morgan fingerprint density at radius 3 is 2.65 bits per heavy atom. The fourth-order valence-electron chi connectivity index (χ4n) is 1.61. The monoisotopic (exact) mass is 245 g/mol. The van der Waals surface area contributed by atoms with Gasteiger partial charge in [-0.25, -0.2) is 4.98 Å². The van der Waals surface area contributed by atoms with Crippen LogP contribution in [0.4, 0.5) is 0 Å². The van der Waals surface area contributed by atoms with Crippen LogP contribution in [0.5, 0.6) is 0 Å². The van der Waals surface area contributed by atoms with Crippen molar-refractivity contribution in [3.8, 4) is 11.1 Å². The molecule has 2 nitrogen and oxygen atoms in total. The van der Waals surface area contributed by atoms with Crippen LogP contribution >= 0.6 is 11.6 Å². The highest BCUT2D eigenvalue weighted by molar-refractivity contribution is 6.31. The molecule has 0 N–H and O–H groups in total. The topological polar surface area (TPSA) is 22.1 Å². The minimum absolute atomic E-state index is 0.472. The van der Waals surface area contributed by atoms with Gasteiger partial charge in [-0.1, -0.05) is 41.9 Å². The minimum Gasteiger partial charge on any atom is -0.504 e. The summed E-state index contributed by atoms with van der Waals surface area (Å²) in [6.45, 7) is 0. The van der Waals surface area contributed by atoms with Crippen LogP contribution in [0.25, 0.3) is 17.2 Å². The molecule has 1 aromatic carbocycles. The second-order valence-corrected chi connectivity index (χ2v) is 3.83. The summed E-state index contributed by atoms with van der Waals surface area (Å²) in [5.41, 5.74) is 3.01. The van der Waals surface area contributed by atoms with Crippen molar-refractivity contribution in [2.45, 2.75) is 0 Å². The van der Waals surface area contributed by atoms with Gasteiger partial charge in [0.15, 0.2) is 0 Å². The van der Waals surface area contributed by atoms with E-state index in [9.17, 15) is 0 Å². The highest BCUT2D eigenvalue weighted by Crippen LogP contribution is 2.28. The van der Waals surface area contributed by atoms with Gasteiger partial charge in [-0.3, -0.25) is 0 Å². The average Bonchev–Trinajstić information content (AvgIpc) is 2.38. The minimum atomic E-state index is 0.472. The molecule has 0 amide bonds. The van der Waals surface area contributed by atoms with Gasteiger partial charge in [0.05, 0.1) is 13.4 Å². The number of rotatable bonds is 3. The molecule has 0 unspecified atom stereocenters. The smallest absolute Gasteiger partial charge is 0.136 e. The first kappa shape index (κ1) is 11.7. The van der Waals surface area contributed by atoms with Gasteiger partial charge in [0.25, 0.3) is 0 Å². The van der Waals surface area contributed by atoms with Gasteiger partial charge >= 0.3 is 0 Å². The molecule has 0 saturated heterocycles. The third-order valence-electron chi connectivity index (χ3n) is 2.40. The normalized spacial score (nSPS) is 10.7. The van der Waals surface area contributed by atoms with E-state index in [0.29, 0.717) is 5.15 Å². The molecule has 2 aromatic rings. The molecular weight excluding hydrogens is 234 g/mol. The third-order valence-corrected chi connectivity index (χ3v) is 2.70. The molecule has 0 aliphatic carbocycles. The summed E-state index contributed by atoms with van der Waals surface area (Å²) in [5, 5.41) is 0.472. The molecule has 0 spiro atoms. The lowest BCUT2D eigenvalue weighted by atomic mass is 10.0. The van der Waals surface area contributed by atoms with Crippen LogP contribution < -0.4 is 0 Å². The van der Waals surface area contributed by atoms with E-state index in [2.05, 4.69) is 4.98 Å². The zero-order valence-electron chi connectivity index (χ0n) is 9.43. The van der Waals surface area contributed by atoms with E-state index in [4.69, 9.17) is 16.3 Å². The predicted octanol–water partition coefficient (Wildman–Crippen LogP) is 4.02. The molecule has 17 heavy (non-hydrogen) atoms. The van der Waals surface area contributed by atoms with Gasteiger partial charge in [0.2, 0.25) is 0 Å². The molecule has 1 aromatic heterocycles. The first-order chi connectivity index (χ1) is 8.33. The third kappa shape index (κ3) is 2.66. The number of hydrogen-bond acceptors (Lipinski definition) is 2. The van der Waals surface area contributed by atoms with Gasteiger partial charge < -0.3 is 4.74 Å². The summed E-state index contributed by atoms with van der Waals surface area (Å²) < 4.78 is 4.92. The van der Waals surface area contributed by atoms with Crippen molar-refractivity contribution in [2.75, 3.05) is 7.11 Å². The van der Waals surface area contributed by atoms with Gasteiger partial charge in [-0.2, -0.15) is 0 Å². The molecule has 3 heteroatoms. The van der Waals surface area contributed by atoms with Crippen molar-refractivity contribution in [2.24, 2.45) is 0 Å². The lowest BCUT2D eigenvalue weighted by Gasteiger charge is -2.07. The van der Waals surface area contributed by atoms with E-state index in [1.807, 2.05) is 42.5 Å². The van der Waals surface area contributed by atoms with Gasteiger partial charge in [0, 0.05) is 11.8 Å². The Bertz CT molecular complexity index is 523. The molecule has 0 aliphatic heterocycles. The Labute approximate surface area is 106 Å². The number of ether oxygens (including phenoxy) is 1. The van der Waals surface area contributed by atoms with E-state index < -0.39 is 0 Å². The zero-order valence-corrected chi connectivity index (χ0v) is 10.2. The molecule has 0 atom stereocenters. The lowest BCUT2D eigenvalue weighted by molar-refractivity contribution is 0.341. The maximum Gasteiger partial charge on any atom is 0.136 e. The molecular formula is C14H12ClNO. The first-order valence-electron chi connectivity index (χ1n) is 5.22. The number of aromatic nitrogens is 1. The molecule has 0 aliphatic rings. The quantitative estimate of drug-likeness (QED) is 0.602. The van der Waals surface area contributed by atoms with E-state index >= 15 is 0 Å². The number of hydrogen-bond donors (Lipinski definition) is 0. The summed E-state index contributed by atoms with van der Waals surface area (Å²) in [7, 11) is 1.60. The number of nitrogens with zero attached hydrogens (tertiary/aromatic N) is 1. The van der Waals surface area contributed by atoms with E-state index in [0.717, 1.165) is 16.7 Å². The number of methoxy groups -OCH3 is 1. The lowest BCUT2D eigenvalue weighted by Crippen LogP contribution is -1.87. The Morgan fingerprint density at radius 1 is 1.18 bits per heavy atom. The fraction of sp³-hybridized carbons (Fsp3) is 0.0714. The van der Waals surface area contributed by atoms with Crippen molar-refractivity contribution in [1.82, 2.24) is 4.98 Å². The number of pyridine rings is 1. The predicted molar refractivity (Wildman–Crippen MR) is 70.7 cm³/mol. The van der Waals surface area contributed by atoms with E-state index in [-0.39, 0.29) is 0 Å². The standard InChI is InChI=1S/C14H12ClNO/c1-17-10-8-13-12(7-9-16-14(13)15)11-5-3-2-4-6-11/h2-10H,1H3. The Kier molecular flexibility index (Phi) is 3.78. The summed E-state index contributed by atoms with van der Waals surface area (Å²) in [5.74, 6) is 0. The van der Waals surface area contributed by atoms with Crippen molar-refractivity contribution in [3.63, 3.8) is 0 Å². The molecule has 0 saturated carbocycles. The largest absolute Gasteiger partial charge is 0.504 e. The number of halogens is 1. The van der Waals surface area contributed by atoms with Crippen LogP contribution in [0.1, 0.15) is 5.56 Å². The second-order valence-electron chi connectivity index (χ2n) is 3.47. The summed E-state index contributed by atoms with van der Waals surface area (Å²) in [4.78, 5) is 4.08. The van der Waals surface area contributed by atoms with Crippen molar-refractivity contribution in [3.05, 3.63) is 59.6 Å². The van der Waals surface area contributed by atoms with Crippen LogP contribution in [0.3, 0.4) is 0 Å². The molecule has 0 fully saturated rings. The van der Waals surface area contributed by atoms with Gasteiger partial charge in [0.1, 0.15) is 5.15 Å². The highest BCUT2D eigenvalue weighted by atomic mass is 35.5. The summed E-state index contributed by atoms with van der Waals surface area (Å²) >= 11 is 6.10. The fourth-order valence-corrected chi connectivity index (χ4v) is 1.83. The van der Waals surface area contributed by atoms with E-state index in [1.54, 1.807) is 19.6 Å². The van der Waals surface area contributed by atoms with Crippen LogP contribution in [0.15, 0.2) is 48.9 Å². The Balaban J connectivity index is 2.54. The molecule has 1 heterocycles. The Hall–Kier alpha value is -1.80. The summed E-state index contributed by atoms with van der Waals surface area (Å²) in [6, 6.07) is 12.0. The Morgan fingerprint density at radius 2 is 1.94 bits per heavy atom. The van der Waals surface area contributed by atoms with Crippen LogP contribution in [-0.4, -0.2) is 12.1 Å². The van der Waals surface area contributed by atoms with Crippen LogP contribution in [0.2, 0.25) is 5.15 Å². The summed E-state index contributed by atoms with van der Waals surface area (Å²) in [6.07, 6.45) is 5.11. The van der Waals surface area contributed by atoms with Crippen LogP contribution in [0, 0.1) is 0 Å². The second kappa shape index (κ2) is 5.51. The van der Waals surface area contributed by atoms with Crippen LogP contribution in [-0.2, 0) is 4.74 Å². The first-order valence-corrected chi connectivity index (χ1v) is 5.60. The number of benzene rings is 1. The van der Waals surface area contributed by atoms with E-state index in [1.165, 1.54) is 0 Å². The van der Waals surface area contributed by atoms with Crippen molar-refractivity contribution >= 4 is 17.7 Å². The SMILES string of the molecule is COC=Cc1c(-c2ccccc2)ccnc1Cl. The van der Waals surface area contributed by atoms with Crippen molar-refractivity contribution < 1.29 is 4.74 Å². The molecule has 0 bridgehead atoms. The molecule has 86 valence electrons. The average molecular weight is 246 g/mol. The van der Waals surface area contributed by atoms with Gasteiger partial charge in [-0.15, -0.1) is 0 Å². The maximum atomic E-state index is 6.10. The maximum absolute atomic E-state index is 6.10. The molecule has 2 rings (SSSR count). The molecule has 0 radical (unpaired) electrons.